The van der Waals surface area contributed by atoms with Crippen molar-refractivity contribution in [2.45, 2.75) is 33.6 Å². The number of nitrogens with zero attached hydrogens (tertiary/aromatic N) is 6. The van der Waals surface area contributed by atoms with Crippen LogP contribution in [0.15, 0.2) is 30.3 Å². The molecular formula is C27H32N6O2. The summed E-state index contributed by atoms with van der Waals surface area (Å²) >= 11 is 0. The minimum absolute atomic E-state index is 0.186. The molecule has 2 aromatic heterocycles. The summed E-state index contributed by atoms with van der Waals surface area (Å²) in [4.78, 5) is 22.3. The number of fused-ring (bicyclic) bond motifs is 2. The Morgan fingerprint density at radius 3 is 2.57 bits per heavy atom. The summed E-state index contributed by atoms with van der Waals surface area (Å²) in [7, 11) is 0. The SMILES string of the molecule is CCOC(=O)c1cc(N2CC3CN(CC#N)CC3C2)c2c(C(C)C)nn(-c3cccc(C)c3)c2n1. The average Bonchev–Trinajstić information content (AvgIpc) is 3.50. The summed E-state index contributed by atoms with van der Waals surface area (Å²) in [5, 5.41) is 15.1. The van der Waals surface area contributed by atoms with E-state index in [0.717, 1.165) is 54.2 Å². The Morgan fingerprint density at radius 1 is 1.20 bits per heavy atom. The monoisotopic (exact) mass is 472 g/mol. The maximum atomic E-state index is 12.8. The molecule has 4 heterocycles. The lowest BCUT2D eigenvalue weighted by atomic mass is 10.0. The second-order valence-corrected chi connectivity index (χ2v) is 10.0. The number of carbonyl (C=O) groups excluding carboxylic acids is 1. The van der Waals surface area contributed by atoms with Crippen LogP contribution in [0, 0.1) is 30.1 Å². The van der Waals surface area contributed by atoms with Crippen molar-refractivity contribution >= 4 is 22.7 Å². The first kappa shape index (κ1) is 23.3. The van der Waals surface area contributed by atoms with Crippen LogP contribution in [0.2, 0.25) is 0 Å². The van der Waals surface area contributed by atoms with E-state index < -0.39 is 5.97 Å². The summed E-state index contributed by atoms with van der Waals surface area (Å²) in [5.74, 6) is 0.781. The van der Waals surface area contributed by atoms with Crippen LogP contribution in [0.1, 0.15) is 48.4 Å². The highest BCUT2D eigenvalue weighted by Crippen LogP contribution is 2.40. The smallest absolute Gasteiger partial charge is 0.357 e. The van der Waals surface area contributed by atoms with E-state index >= 15 is 0 Å². The van der Waals surface area contributed by atoms with Crippen LogP contribution in [0.5, 0.6) is 0 Å². The molecule has 182 valence electrons. The fraction of sp³-hybridized carbons (Fsp3) is 0.481. The zero-order valence-electron chi connectivity index (χ0n) is 20.9. The van der Waals surface area contributed by atoms with Crippen molar-refractivity contribution in [2.75, 3.05) is 44.2 Å². The number of aryl methyl sites for hydroxylation is 1. The zero-order valence-corrected chi connectivity index (χ0v) is 20.9. The number of rotatable bonds is 6. The van der Waals surface area contributed by atoms with E-state index in [9.17, 15) is 4.79 Å². The van der Waals surface area contributed by atoms with Crippen LogP contribution >= 0.6 is 0 Å². The van der Waals surface area contributed by atoms with Gasteiger partial charge in [0.2, 0.25) is 0 Å². The molecule has 2 fully saturated rings. The molecule has 0 radical (unpaired) electrons. The fourth-order valence-corrected chi connectivity index (χ4v) is 5.54. The Balaban J connectivity index is 1.65. The van der Waals surface area contributed by atoms with Crippen LogP contribution in [-0.4, -0.2) is 65.0 Å². The second kappa shape index (κ2) is 9.31. The molecule has 0 bridgehead atoms. The molecule has 0 saturated carbocycles. The second-order valence-electron chi connectivity index (χ2n) is 10.0. The molecule has 2 unspecified atom stereocenters. The topological polar surface area (TPSA) is 87.3 Å². The molecule has 35 heavy (non-hydrogen) atoms. The number of pyridine rings is 1. The number of hydrogen-bond donors (Lipinski definition) is 0. The predicted octanol–water partition coefficient (Wildman–Crippen LogP) is 3.92. The molecule has 5 rings (SSSR count). The van der Waals surface area contributed by atoms with E-state index in [1.165, 1.54) is 0 Å². The van der Waals surface area contributed by atoms with Crippen molar-refractivity contribution in [1.82, 2.24) is 19.7 Å². The molecule has 2 aliphatic heterocycles. The number of aromatic nitrogens is 3. The summed E-state index contributed by atoms with van der Waals surface area (Å²) in [6, 6.07) is 12.3. The van der Waals surface area contributed by atoms with Gasteiger partial charge >= 0.3 is 5.97 Å². The summed E-state index contributed by atoms with van der Waals surface area (Å²) in [6.45, 7) is 12.6. The molecular weight excluding hydrogens is 440 g/mol. The van der Waals surface area contributed by atoms with Gasteiger partial charge in [0.1, 0.15) is 0 Å². The van der Waals surface area contributed by atoms with Gasteiger partial charge in [-0.15, -0.1) is 0 Å². The number of nitriles is 1. The molecule has 0 amide bonds. The summed E-state index contributed by atoms with van der Waals surface area (Å²) in [5.41, 5.74) is 5.02. The molecule has 0 N–H and O–H groups in total. The standard InChI is InChI=1S/C27H32N6O2/c1-5-35-27(34)22-12-23(32-15-19-13-31(10-9-28)14-20(19)16-32)24-25(17(2)3)30-33(26(24)29-22)21-8-6-7-18(4)11-21/h6-8,11-12,17,19-20H,5,10,13-16H2,1-4H3. The van der Waals surface area contributed by atoms with Crippen molar-refractivity contribution in [1.29, 1.82) is 5.26 Å². The predicted molar refractivity (Wildman–Crippen MR) is 135 cm³/mol. The Labute approximate surface area is 206 Å². The molecule has 0 spiro atoms. The maximum Gasteiger partial charge on any atom is 0.357 e. The first-order valence-corrected chi connectivity index (χ1v) is 12.4. The van der Waals surface area contributed by atoms with Crippen LogP contribution in [0.25, 0.3) is 16.7 Å². The van der Waals surface area contributed by atoms with Gasteiger partial charge in [-0.2, -0.15) is 10.4 Å². The lowest BCUT2D eigenvalue weighted by Crippen LogP contribution is -2.29. The molecule has 2 atom stereocenters. The quantitative estimate of drug-likeness (QED) is 0.397. The van der Waals surface area contributed by atoms with Gasteiger partial charge in [0.05, 0.1) is 41.7 Å². The van der Waals surface area contributed by atoms with E-state index in [1.807, 2.05) is 22.9 Å². The first-order valence-electron chi connectivity index (χ1n) is 12.4. The lowest BCUT2D eigenvalue weighted by Gasteiger charge is -2.23. The number of anilines is 1. The number of carbonyl (C=O) groups is 1. The van der Waals surface area contributed by atoms with Gasteiger partial charge in [-0.05, 0) is 55.4 Å². The van der Waals surface area contributed by atoms with Crippen LogP contribution < -0.4 is 4.90 Å². The third kappa shape index (κ3) is 4.25. The average molecular weight is 473 g/mol. The number of benzene rings is 1. The maximum absolute atomic E-state index is 12.8. The molecule has 2 aliphatic rings. The third-order valence-electron chi connectivity index (χ3n) is 7.12. The first-order chi connectivity index (χ1) is 16.9. The van der Waals surface area contributed by atoms with Gasteiger partial charge in [0.25, 0.3) is 0 Å². The minimum atomic E-state index is -0.418. The Hall–Kier alpha value is -3.44. The molecule has 8 nitrogen and oxygen atoms in total. The summed E-state index contributed by atoms with van der Waals surface area (Å²) < 4.78 is 7.21. The Morgan fingerprint density at radius 2 is 1.94 bits per heavy atom. The van der Waals surface area contributed by atoms with E-state index in [1.54, 1.807) is 6.92 Å². The highest BCUT2D eigenvalue weighted by Gasteiger charge is 2.41. The number of esters is 1. The normalized spacial score (nSPS) is 19.9. The summed E-state index contributed by atoms with van der Waals surface area (Å²) in [6.07, 6.45) is 0. The fourth-order valence-electron chi connectivity index (χ4n) is 5.54. The van der Waals surface area contributed by atoms with Crippen molar-refractivity contribution in [2.24, 2.45) is 11.8 Å². The van der Waals surface area contributed by atoms with E-state index in [0.29, 0.717) is 36.3 Å². The Bertz CT molecular complexity index is 1290. The van der Waals surface area contributed by atoms with Gasteiger partial charge in [-0.25, -0.2) is 14.5 Å². The van der Waals surface area contributed by atoms with Gasteiger partial charge < -0.3 is 9.64 Å². The highest BCUT2D eigenvalue weighted by atomic mass is 16.5. The van der Waals surface area contributed by atoms with Crippen LogP contribution in [0.3, 0.4) is 0 Å². The molecule has 0 aliphatic carbocycles. The zero-order chi connectivity index (χ0) is 24.7. The van der Waals surface area contributed by atoms with Gasteiger partial charge in [0, 0.05) is 26.2 Å². The van der Waals surface area contributed by atoms with Gasteiger partial charge in [0.15, 0.2) is 11.3 Å². The van der Waals surface area contributed by atoms with Gasteiger partial charge in [-0.1, -0.05) is 26.0 Å². The highest BCUT2D eigenvalue weighted by molar-refractivity contribution is 5.99. The number of hydrogen-bond acceptors (Lipinski definition) is 7. The van der Waals surface area contributed by atoms with Crippen molar-refractivity contribution < 1.29 is 9.53 Å². The number of likely N-dealkylation sites (tertiary alicyclic amines) is 1. The van der Waals surface area contributed by atoms with Crippen molar-refractivity contribution in [3.8, 4) is 11.8 Å². The molecule has 8 heteroatoms. The number of ether oxygens (including phenoxy) is 1. The minimum Gasteiger partial charge on any atom is -0.461 e. The third-order valence-corrected chi connectivity index (χ3v) is 7.12. The van der Waals surface area contributed by atoms with E-state index in [-0.39, 0.29) is 5.92 Å². The Kier molecular flexibility index (Phi) is 6.20. The van der Waals surface area contributed by atoms with Gasteiger partial charge in [-0.3, -0.25) is 4.90 Å². The lowest BCUT2D eigenvalue weighted by molar-refractivity contribution is 0.0520. The molecule has 3 aromatic rings. The molecule has 2 saturated heterocycles. The van der Waals surface area contributed by atoms with E-state index in [2.05, 4.69) is 48.8 Å². The van der Waals surface area contributed by atoms with Crippen LogP contribution in [-0.2, 0) is 4.74 Å². The van der Waals surface area contributed by atoms with E-state index in [4.69, 9.17) is 20.1 Å². The largest absolute Gasteiger partial charge is 0.461 e. The van der Waals surface area contributed by atoms with Crippen molar-refractivity contribution in [3.05, 3.63) is 47.3 Å². The van der Waals surface area contributed by atoms with Crippen molar-refractivity contribution in [3.63, 3.8) is 0 Å². The van der Waals surface area contributed by atoms with Crippen LogP contribution in [0.4, 0.5) is 5.69 Å². The molecule has 1 aromatic carbocycles.